The van der Waals surface area contributed by atoms with Gasteiger partial charge in [0.05, 0.1) is 34.8 Å². The molecule has 4 aromatic rings. The Labute approximate surface area is 195 Å². The third-order valence-corrected chi connectivity index (χ3v) is 4.68. The molecule has 0 amide bonds. The third kappa shape index (κ3) is 5.55. The molecule has 0 atom stereocenters. The van der Waals surface area contributed by atoms with Crippen molar-refractivity contribution in [2.75, 3.05) is 17.7 Å². The van der Waals surface area contributed by atoms with Crippen LogP contribution in [0.3, 0.4) is 0 Å². The summed E-state index contributed by atoms with van der Waals surface area (Å²) in [7, 11) is 0. The summed E-state index contributed by atoms with van der Waals surface area (Å²) in [5, 5.41) is 3.58. The van der Waals surface area contributed by atoms with Crippen molar-refractivity contribution in [3.8, 4) is 22.8 Å². The lowest BCUT2D eigenvalue weighted by Crippen LogP contribution is -2.09. The van der Waals surface area contributed by atoms with Crippen molar-refractivity contribution in [3.63, 3.8) is 0 Å². The second-order valence-corrected chi connectivity index (χ2v) is 7.29. The van der Waals surface area contributed by atoms with Crippen molar-refractivity contribution in [3.05, 3.63) is 83.6 Å². The topological polar surface area (TPSA) is 112 Å². The van der Waals surface area contributed by atoms with Crippen LogP contribution in [0.5, 0.6) is 11.5 Å². The number of ether oxygens (including phenoxy) is 2. The van der Waals surface area contributed by atoms with Crippen molar-refractivity contribution in [1.82, 2.24) is 15.0 Å². The fourth-order valence-electron chi connectivity index (χ4n) is 3.08. The van der Waals surface area contributed by atoms with Gasteiger partial charge in [-0.1, -0.05) is 41.9 Å². The molecule has 9 heteroatoms. The molecule has 2 aromatic carbocycles. The monoisotopic (exact) mass is 461 g/mol. The Kier molecular flexibility index (Phi) is 6.66. The summed E-state index contributed by atoms with van der Waals surface area (Å²) in [5.41, 5.74) is 8.21. The van der Waals surface area contributed by atoms with Gasteiger partial charge >= 0.3 is 5.97 Å². The molecule has 0 radical (unpaired) electrons. The molecule has 0 saturated carbocycles. The largest absolute Gasteiger partial charge is 0.462 e. The molecule has 0 saturated heterocycles. The number of carbonyl (C=O) groups is 1. The quantitative estimate of drug-likeness (QED) is 0.347. The van der Waals surface area contributed by atoms with Crippen LogP contribution in [0.2, 0.25) is 5.02 Å². The van der Waals surface area contributed by atoms with Crippen LogP contribution < -0.4 is 15.8 Å². The van der Waals surface area contributed by atoms with E-state index in [9.17, 15) is 4.79 Å². The first kappa shape index (κ1) is 22.0. The number of hydrogen-bond acceptors (Lipinski definition) is 8. The van der Waals surface area contributed by atoms with Gasteiger partial charge in [0.15, 0.2) is 0 Å². The van der Waals surface area contributed by atoms with Crippen LogP contribution in [-0.2, 0) is 4.74 Å². The lowest BCUT2D eigenvalue weighted by Gasteiger charge is -2.14. The number of nitrogens with zero attached hydrogens (tertiary/aromatic N) is 3. The minimum atomic E-state index is -0.514. The van der Waals surface area contributed by atoms with Crippen molar-refractivity contribution in [2.45, 2.75) is 6.92 Å². The van der Waals surface area contributed by atoms with E-state index in [4.69, 9.17) is 26.8 Å². The molecule has 166 valence electrons. The normalized spacial score (nSPS) is 10.5. The second-order valence-electron chi connectivity index (χ2n) is 6.86. The van der Waals surface area contributed by atoms with Gasteiger partial charge in [-0.05, 0) is 25.1 Å². The summed E-state index contributed by atoms with van der Waals surface area (Å²) in [4.78, 5) is 25.2. The number of aromatic nitrogens is 3. The first-order chi connectivity index (χ1) is 16.0. The Bertz CT molecular complexity index is 1280. The van der Waals surface area contributed by atoms with Crippen molar-refractivity contribution >= 4 is 35.0 Å². The molecule has 8 nitrogen and oxygen atoms in total. The number of nitrogens with two attached hydrogens (primary N) is 1. The van der Waals surface area contributed by atoms with Crippen LogP contribution in [0, 0.1) is 0 Å². The highest BCUT2D eigenvalue weighted by molar-refractivity contribution is 6.30. The Morgan fingerprint density at radius 2 is 1.85 bits per heavy atom. The third-order valence-electron chi connectivity index (χ3n) is 4.48. The predicted octanol–water partition coefficient (Wildman–Crippen LogP) is 5.49. The molecular weight excluding hydrogens is 442 g/mol. The highest BCUT2D eigenvalue weighted by atomic mass is 35.5. The van der Waals surface area contributed by atoms with Gasteiger partial charge < -0.3 is 20.5 Å². The molecule has 0 bridgehead atoms. The van der Waals surface area contributed by atoms with Gasteiger partial charge in [0.2, 0.25) is 5.95 Å². The zero-order chi connectivity index (χ0) is 23.2. The van der Waals surface area contributed by atoms with Crippen LogP contribution in [0.15, 0.2) is 73.1 Å². The SMILES string of the molecule is CCOC(=O)c1cc(Oc2cncc(Cl)c2)ccc1Nc1cc(-c2ccccc2)nc(N)n1. The molecule has 33 heavy (non-hydrogen) atoms. The van der Waals surface area contributed by atoms with Gasteiger partial charge in [-0.15, -0.1) is 0 Å². The molecule has 0 aliphatic rings. The zero-order valence-corrected chi connectivity index (χ0v) is 18.4. The molecule has 4 rings (SSSR count). The van der Waals surface area contributed by atoms with Gasteiger partial charge in [0, 0.05) is 23.9 Å². The highest BCUT2D eigenvalue weighted by Gasteiger charge is 2.16. The van der Waals surface area contributed by atoms with Gasteiger partial charge in [-0.25, -0.2) is 9.78 Å². The fraction of sp³-hybridized carbons (Fsp3) is 0.0833. The van der Waals surface area contributed by atoms with E-state index in [2.05, 4.69) is 20.3 Å². The van der Waals surface area contributed by atoms with Crippen LogP contribution >= 0.6 is 11.6 Å². The first-order valence-electron chi connectivity index (χ1n) is 10.1. The first-order valence-corrected chi connectivity index (χ1v) is 10.5. The summed E-state index contributed by atoms with van der Waals surface area (Å²) in [6.45, 7) is 1.96. The van der Waals surface area contributed by atoms with Crippen LogP contribution in [-0.4, -0.2) is 27.5 Å². The molecule has 0 fully saturated rings. The van der Waals surface area contributed by atoms with Crippen LogP contribution in [0.1, 0.15) is 17.3 Å². The summed E-state index contributed by atoms with van der Waals surface area (Å²) in [6.07, 6.45) is 3.03. The lowest BCUT2D eigenvalue weighted by atomic mass is 10.1. The molecule has 2 aromatic heterocycles. The molecule has 3 N–H and O–H groups in total. The minimum Gasteiger partial charge on any atom is -0.462 e. The number of esters is 1. The average molecular weight is 462 g/mol. The van der Waals surface area contributed by atoms with Crippen LogP contribution in [0.4, 0.5) is 17.5 Å². The van der Waals surface area contributed by atoms with E-state index in [1.807, 2.05) is 30.3 Å². The van der Waals surface area contributed by atoms with E-state index in [-0.39, 0.29) is 18.1 Å². The van der Waals surface area contributed by atoms with Gasteiger partial charge in [0.1, 0.15) is 17.3 Å². The van der Waals surface area contributed by atoms with Crippen molar-refractivity contribution < 1.29 is 14.3 Å². The Morgan fingerprint density at radius 3 is 2.61 bits per heavy atom. The maximum atomic E-state index is 12.7. The van der Waals surface area contributed by atoms with E-state index in [0.717, 1.165) is 5.56 Å². The predicted molar refractivity (Wildman–Crippen MR) is 127 cm³/mol. The Balaban J connectivity index is 1.67. The van der Waals surface area contributed by atoms with Crippen LogP contribution in [0.25, 0.3) is 11.3 Å². The van der Waals surface area contributed by atoms with Gasteiger partial charge in [0.25, 0.3) is 0 Å². The summed E-state index contributed by atoms with van der Waals surface area (Å²) in [6, 6.07) is 17.9. The molecule has 0 unspecified atom stereocenters. The van der Waals surface area contributed by atoms with Gasteiger partial charge in [-0.2, -0.15) is 4.98 Å². The number of nitrogen functional groups attached to an aromatic ring is 1. The molecular formula is C24H20ClN5O3. The summed E-state index contributed by atoms with van der Waals surface area (Å²) < 4.78 is 11.0. The fourth-order valence-corrected chi connectivity index (χ4v) is 3.25. The Hall–Kier alpha value is -4.17. The number of pyridine rings is 1. The van der Waals surface area contributed by atoms with E-state index in [1.165, 1.54) is 12.4 Å². The lowest BCUT2D eigenvalue weighted by molar-refractivity contribution is 0.0527. The number of rotatable bonds is 7. The number of anilines is 3. The van der Waals surface area contributed by atoms with Crippen molar-refractivity contribution in [2.24, 2.45) is 0 Å². The smallest absolute Gasteiger partial charge is 0.340 e. The van der Waals surface area contributed by atoms with Gasteiger partial charge in [-0.3, -0.25) is 4.98 Å². The number of halogens is 1. The summed E-state index contributed by atoms with van der Waals surface area (Å²) in [5.74, 6) is 0.874. The summed E-state index contributed by atoms with van der Waals surface area (Å²) >= 11 is 5.97. The minimum absolute atomic E-state index is 0.102. The van der Waals surface area contributed by atoms with E-state index < -0.39 is 5.97 Å². The Morgan fingerprint density at radius 1 is 1.03 bits per heavy atom. The standard InChI is InChI=1S/C24H20ClN5O3/c1-2-32-23(31)19-11-17(33-18-10-16(25)13-27-14-18)8-9-20(19)28-22-12-21(29-24(26)30-22)15-6-4-3-5-7-15/h3-14H,2H2,1H3,(H3,26,28,29,30). The number of benzene rings is 2. The van der Waals surface area contributed by atoms with E-state index in [1.54, 1.807) is 37.3 Å². The number of nitrogens with one attached hydrogen (secondary N) is 1. The molecule has 0 spiro atoms. The average Bonchev–Trinajstić information content (AvgIpc) is 2.80. The maximum Gasteiger partial charge on any atom is 0.340 e. The molecule has 0 aliphatic carbocycles. The highest BCUT2D eigenvalue weighted by Crippen LogP contribution is 2.30. The number of carbonyl (C=O) groups excluding carboxylic acids is 1. The molecule has 2 heterocycles. The second kappa shape index (κ2) is 9.97. The zero-order valence-electron chi connectivity index (χ0n) is 17.7. The van der Waals surface area contributed by atoms with E-state index >= 15 is 0 Å². The van der Waals surface area contributed by atoms with Crippen molar-refractivity contribution in [1.29, 1.82) is 0 Å². The maximum absolute atomic E-state index is 12.7. The molecule has 0 aliphatic heterocycles. The van der Waals surface area contributed by atoms with E-state index in [0.29, 0.717) is 33.7 Å². The number of hydrogen-bond donors (Lipinski definition) is 2.